The summed E-state index contributed by atoms with van der Waals surface area (Å²) in [5, 5.41) is 10.0. The van der Waals surface area contributed by atoms with Gasteiger partial charge in [0.1, 0.15) is 5.82 Å². The molecule has 0 spiro atoms. The third-order valence-electron chi connectivity index (χ3n) is 3.64. The van der Waals surface area contributed by atoms with Crippen LogP contribution in [0, 0.1) is 11.7 Å². The van der Waals surface area contributed by atoms with Crippen molar-refractivity contribution < 1.29 is 9.50 Å². The van der Waals surface area contributed by atoms with Crippen molar-refractivity contribution >= 4 is 15.9 Å². The second-order valence-corrected chi connectivity index (χ2v) is 5.83. The van der Waals surface area contributed by atoms with E-state index in [1.165, 1.54) is 31.7 Å². The molecule has 1 N–H and O–H groups in total. The summed E-state index contributed by atoms with van der Waals surface area (Å²) in [7, 11) is 0. The Bertz CT molecular complexity index is 374. The summed E-state index contributed by atoms with van der Waals surface area (Å²) >= 11 is 3.30. The summed E-state index contributed by atoms with van der Waals surface area (Å²) in [5.74, 6) is 0.423. The first-order valence-electron chi connectivity index (χ1n) is 6.30. The number of benzene rings is 1. The van der Waals surface area contributed by atoms with Gasteiger partial charge >= 0.3 is 0 Å². The van der Waals surface area contributed by atoms with Crippen LogP contribution in [0.1, 0.15) is 50.2 Å². The van der Waals surface area contributed by atoms with E-state index >= 15 is 0 Å². The van der Waals surface area contributed by atoms with Crippen molar-refractivity contribution in [3.63, 3.8) is 0 Å². The average Bonchev–Trinajstić information content (AvgIpc) is 2.82. The van der Waals surface area contributed by atoms with Gasteiger partial charge in [0, 0.05) is 10.0 Å². The van der Waals surface area contributed by atoms with Crippen LogP contribution in [0.4, 0.5) is 4.39 Å². The highest BCUT2D eigenvalue weighted by Gasteiger charge is 2.18. The molecule has 1 aliphatic rings. The van der Waals surface area contributed by atoms with E-state index in [0.717, 1.165) is 16.8 Å². The second kappa shape index (κ2) is 5.96. The normalized spacial score (nSPS) is 18.5. The Balaban J connectivity index is 1.93. The summed E-state index contributed by atoms with van der Waals surface area (Å²) in [6.07, 6.45) is 6.16. The molecular weight excluding hydrogens is 283 g/mol. The molecular formula is C14H18BrFO. The van der Waals surface area contributed by atoms with E-state index in [1.54, 1.807) is 12.1 Å². The highest BCUT2D eigenvalue weighted by Crippen LogP contribution is 2.32. The Kier molecular flexibility index (Phi) is 4.57. The van der Waals surface area contributed by atoms with Gasteiger partial charge in [-0.15, -0.1) is 0 Å². The predicted octanol–water partition coefficient (Wildman–Crippen LogP) is 4.59. The minimum absolute atomic E-state index is 0.313. The van der Waals surface area contributed by atoms with Gasteiger partial charge < -0.3 is 5.11 Å². The van der Waals surface area contributed by atoms with E-state index in [1.807, 2.05) is 0 Å². The van der Waals surface area contributed by atoms with Gasteiger partial charge in [0.15, 0.2) is 0 Å². The molecule has 0 aliphatic heterocycles. The van der Waals surface area contributed by atoms with Crippen LogP contribution in [-0.2, 0) is 0 Å². The zero-order chi connectivity index (χ0) is 12.3. The first-order chi connectivity index (χ1) is 8.16. The second-order valence-electron chi connectivity index (χ2n) is 4.91. The van der Waals surface area contributed by atoms with Crippen LogP contribution in [0.15, 0.2) is 22.7 Å². The number of hydrogen-bond acceptors (Lipinski definition) is 1. The van der Waals surface area contributed by atoms with E-state index < -0.39 is 6.10 Å². The van der Waals surface area contributed by atoms with Gasteiger partial charge in [-0.25, -0.2) is 4.39 Å². The number of aliphatic hydroxyl groups is 1. The van der Waals surface area contributed by atoms with Crippen molar-refractivity contribution in [2.75, 3.05) is 0 Å². The Morgan fingerprint density at radius 2 is 2.06 bits per heavy atom. The minimum Gasteiger partial charge on any atom is -0.388 e. The molecule has 1 atom stereocenters. The summed E-state index contributed by atoms with van der Waals surface area (Å²) < 4.78 is 14.4. The molecule has 3 heteroatoms. The average molecular weight is 301 g/mol. The number of halogens is 2. The molecule has 0 bridgehead atoms. The van der Waals surface area contributed by atoms with E-state index in [2.05, 4.69) is 15.9 Å². The predicted molar refractivity (Wildman–Crippen MR) is 70.3 cm³/mol. The van der Waals surface area contributed by atoms with Crippen molar-refractivity contribution in [1.29, 1.82) is 0 Å². The van der Waals surface area contributed by atoms with Gasteiger partial charge in [-0.05, 0) is 37.0 Å². The molecule has 0 saturated heterocycles. The molecule has 1 fully saturated rings. The Labute approximate surface area is 110 Å². The molecule has 0 radical (unpaired) electrons. The largest absolute Gasteiger partial charge is 0.388 e. The SMILES string of the molecule is OC(CCC1CCCC1)c1cc(Br)ccc1F. The number of aliphatic hydroxyl groups excluding tert-OH is 1. The van der Waals surface area contributed by atoms with Crippen LogP contribution in [-0.4, -0.2) is 5.11 Å². The summed E-state index contributed by atoms with van der Waals surface area (Å²) in [4.78, 5) is 0. The highest BCUT2D eigenvalue weighted by atomic mass is 79.9. The van der Waals surface area contributed by atoms with Gasteiger partial charge in [-0.2, -0.15) is 0 Å². The lowest BCUT2D eigenvalue weighted by molar-refractivity contribution is 0.152. The van der Waals surface area contributed by atoms with Crippen molar-refractivity contribution in [2.45, 2.75) is 44.6 Å². The van der Waals surface area contributed by atoms with Gasteiger partial charge in [0.05, 0.1) is 6.10 Å². The molecule has 2 rings (SSSR count). The molecule has 0 heterocycles. The topological polar surface area (TPSA) is 20.2 Å². The lowest BCUT2D eigenvalue weighted by Crippen LogP contribution is -2.04. The van der Waals surface area contributed by atoms with Gasteiger partial charge in [-0.3, -0.25) is 0 Å². The third-order valence-corrected chi connectivity index (χ3v) is 4.13. The minimum atomic E-state index is -0.673. The lowest BCUT2D eigenvalue weighted by atomic mass is 9.96. The van der Waals surface area contributed by atoms with Crippen LogP contribution >= 0.6 is 15.9 Å². The Morgan fingerprint density at radius 1 is 1.35 bits per heavy atom. The van der Waals surface area contributed by atoms with Crippen LogP contribution in [0.3, 0.4) is 0 Å². The van der Waals surface area contributed by atoms with E-state index in [4.69, 9.17) is 0 Å². The quantitative estimate of drug-likeness (QED) is 0.862. The van der Waals surface area contributed by atoms with E-state index in [0.29, 0.717) is 12.0 Å². The monoisotopic (exact) mass is 300 g/mol. The molecule has 1 aliphatic carbocycles. The molecule has 0 aromatic heterocycles. The third kappa shape index (κ3) is 3.52. The zero-order valence-corrected chi connectivity index (χ0v) is 11.4. The fraction of sp³-hybridized carbons (Fsp3) is 0.571. The van der Waals surface area contributed by atoms with Crippen molar-refractivity contribution in [1.82, 2.24) is 0 Å². The van der Waals surface area contributed by atoms with E-state index in [9.17, 15) is 9.50 Å². The molecule has 1 aromatic rings. The lowest BCUT2D eigenvalue weighted by Gasteiger charge is -2.15. The van der Waals surface area contributed by atoms with E-state index in [-0.39, 0.29) is 5.82 Å². The maximum absolute atomic E-state index is 13.5. The van der Waals surface area contributed by atoms with Crippen LogP contribution in [0.2, 0.25) is 0 Å². The Hall–Kier alpha value is -0.410. The van der Waals surface area contributed by atoms with Gasteiger partial charge in [-0.1, -0.05) is 41.6 Å². The molecule has 0 amide bonds. The molecule has 1 unspecified atom stereocenters. The molecule has 17 heavy (non-hydrogen) atoms. The molecule has 94 valence electrons. The summed E-state index contributed by atoms with van der Waals surface area (Å²) in [6.45, 7) is 0. The standard InChI is InChI=1S/C14H18BrFO/c15-11-6-7-13(16)12(9-11)14(17)8-5-10-3-1-2-4-10/h6-7,9-10,14,17H,1-5,8H2. The number of hydrogen-bond donors (Lipinski definition) is 1. The molecule has 1 aromatic carbocycles. The smallest absolute Gasteiger partial charge is 0.129 e. The molecule has 1 saturated carbocycles. The van der Waals surface area contributed by atoms with Crippen LogP contribution < -0.4 is 0 Å². The maximum atomic E-state index is 13.5. The summed E-state index contributed by atoms with van der Waals surface area (Å²) in [6, 6.07) is 4.73. The maximum Gasteiger partial charge on any atom is 0.129 e. The van der Waals surface area contributed by atoms with Crippen molar-refractivity contribution in [3.8, 4) is 0 Å². The first kappa shape index (κ1) is 13.0. The van der Waals surface area contributed by atoms with Crippen molar-refractivity contribution in [3.05, 3.63) is 34.1 Å². The van der Waals surface area contributed by atoms with Gasteiger partial charge in [0.25, 0.3) is 0 Å². The van der Waals surface area contributed by atoms with Crippen LogP contribution in [0.25, 0.3) is 0 Å². The fourth-order valence-corrected chi connectivity index (χ4v) is 3.00. The molecule has 1 nitrogen and oxygen atoms in total. The van der Waals surface area contributed by atoms with Crippen molar-refractivity contribution in [2.24, 2.45) is 5.92 Å². The first-order valence-corrected chi connectivity index (χ1v) is 7.09. The van der Waals surface area contributed by atoms with Crippen LogP contribution in [0.5, 0.6) is 0 Å². The highest BCUT2D eigenvalue weighted by molar-refractivity contribution is 9.10. The summed E-state index contributed by atoms with van der Waals surface area (Å²) in [5.41, 5.74) is 0.414. The Morgan fingerprint density at radius 3 is 2.76 bits per heavy atom. The fourth-order valence-electron chi connectivity index (χ4n) is 2.62. The number of rotatable bonds is 4. The zero-order valence-electron chi connectivity index (χ0n) is 9.83. The van der Waals surface area contributed by atoms with Gasteiger partial charge in [0.2, 0.25) is 0 Å².